The van der Waals surface area contributed by atoms with Crippen LogP contribution in [0.4, 0.5) is 5.69 Å². The molecule has 1 unspecified atom stereocenters. The molecule has 6 heteroatoms. The third kappa shape index (κ3) is 2.65. The third-order valence-corrected chi connectivity index (χ3v) is 4.76. The minimum atomic E-state index is -0.453. The first kappa shape index (κ1) is 16.1. The van der Waals surface area contributed by atoms with Crippen molar-refractivity contribution in [3.8, 4) is 0 Å². The van der Waals surface area contributed by atoms with Crippen molar-refractivity contribution in [1.29, 1.82) is 0 Å². The molecule has 0 radical (unpaired) electrons. The number of rotatable bonds is 3. The number of aromatic nitrogens is 1. The van der Waals surface area contributed by atoms with Crippen LogP contribution in [0.5, 0.6) is 0 Å². The predicted molar refractivity (Wildman–Crippen MR) is 97.8 cm³/mol. The summed E-state index contributed by atoms with van der Waals surface area (Å²) in [5.41, 5.74) is 2.85. The van der Waals surface area contributed by atoms with E-state index < -0.39 is 5.92 Å². The molecule has 26 heavy (non-hydrogen) atoms. The van der Waals surface area contributed by atoms with E-state index in [1.807, 2.05) is 30.3 Å². The van der Waals surface area contributed by atoms with Crippen LogP contribution in [-0.2, 0) is 9.59 Å². The molecule has 2 N–H and O–H groups in total. The fourth-order valence-corrected chi connectivity index (χ4v) is 3.31. The number of likely N-dealkylation sites (N-methyl/N-ethyl adjacent to an activating group) is 1. The van der Waals surface area contributed by atoms with Crippen molar-refractivity contribution in [2.45, 2.75) is 12.3 Å². The Hall–Kier alpha value is -3.41. The van der Waals surface area contributed by atoms with Gasteiger partial charge in [0.25, 0.3) is 5.91 Å². The second kappa shape index (κ2) is 6.15. The van der Waals surface area contributed by atoms with Gasteiger partial charge >= 0.3 is 0 Å². The van der Waals surface area contributed by atoms with E-state index in [0.29, 0.717) is 11.3 Å². The molecule has 0 saturated carbocycles. The molecule has 0 bridgehead atoms. The second-order valence-corrected chi connectivity index (χ2v) is 6.37. The topological polar surface area (TPSA) is 82.3 Å². The SMILES string of the molecule is CN1C(=O)CC(c2c[nH]c3cc(NC(=O)c4ccccc4)ccc23)C1=O. The zero-order valence-electron chi connectivity index (χ0n) is 14.2. The van der Waals surface area contributed by atoms with Crippen molar-refractivity contribution < 1.29 is 14.4 Å². The smallest absolute Gasteiger partial charge is 0.255 e. The number of amides is 3. The number of aromatic amines is 1. The maximum absolute atomic E-state index is 12.3. The normalized spacial score (nSPS) is 17.1. The Morgan fingerprint density at radius 2 is 1.92 bits per heavy atom. The number of likely N-dealkylation sites (tertiary alicyclic amines) is 1. The number of nitrogens with zero attached hydrogens (tertiary/aromatic N) is 1. The molecule has 3 aromatic rings. The highest BCUT2D eigenvalue weighted by Crippen LogP contribution is 2.34. The minimum Gasteiger partial charge on any atom is -0.361 e. The van der Waals surface area contributed by atoms with Crippen LogP contribution in [0.25, 0.3) is 10.9 Å². The van der Waals surface area contributed by atoms with Crippen LogP contribution in [0.2, 0.25) is 0 Å². The monoisotopic (exact) mass is 347 g/mol. The Morgan fingerprint density at radius 1 is 1.15 bits per heavy atom. The minimum absolute atomic E-state index is 0.166. The van der Waals surface area contributed by atoms with Crippen molar-refractivity contribution in [1.82, 2.24) is 9.88 Å². The van der Waals surface area contributed by atoms with Gasteiger partial charge in [0.15, 0.2) is 0 Å². The van der Waals surface area contributed by atoms with Crippen LogP contribution < -0.4 is 5.32 Å². The van der Waals surface area contributed by atoms with E-state index in [9.17, 15) is 14.4 Å². The van der Waals surface area contributed by atoms with Gasteiger partial charge < -0.3 is 10.3 Å². The number of carbonyl (C=O) groups excluding carboxylic acids is 3. The molecule has 1 aromatic heterocycles. The number of fused-ring (bicyclic) bond motifs is 1. The predicted octanol–water partition coefficient (Wildman–Crippen LogP) is 2.89. The number of carbonyl (C=O) groups is 3. The van der Waals surface area contributed by atoms with Gasteiger partial charge in [0.05, 0.1) is 5.92 Å². The Labute approximate surface area is 149 Å². The van der Waals surface area contributed by atoms with Crippen molar-refractivity contribution in [2.75, 3.05) is 12.4 Å². The number of imide groups is 1. The molecule has 1 aliphatic heterocycles. The summed E-state index contributed by atoms with van der Waals surface area (Å²) in [6.07, 6.45) is 1.96. The van der Waals surface area contributed by atoms with Crippen LogP contribution in [0.1, 0.15) is 28.3 Å². The number of anilines is 1. The van der Waals surface area contributed by atoms with Gasteiger partial charge in [-0.25, -0.2) is 0 Å². The lowest BCUT2D eigenvalue weighted by Gasteiger charge is -2.09. The number of benzene rings is 2. The maximum atomic E-state index is 12.3. The molecule has 6 nitrogen and oxygen atoms in total. The summed E-state index contributed by atoms with van der Waals surface area (Å²) >= 11 is 0. The van der Waals surface area contributed by atoms with Crippen molar-refractivity contribution in [3.05, 3.63) is 65.9 Å². The Morgan fingerprint density at radius 3 is 2.62 bits per heavy atom. The lowest BCUT2D eigenvalue weighted by Crippen LogP contribution is -2.25. The summed E-state index contributed by atoms with van der Waals surface area (Å²) in [6, 6.07) is 14.5. The van der Waals surface area contributed by atoms with Gasteiger partial charge in [-0.15, -0.1) is 0 Å². The molecular formula is C20H17N3O3. The van der Waals surface area contributed by atoms with Gasteiger partial charge in [-0.2, -0.15) is 0 Å². The van der Waals surface area contributed by atoms with Gasteiger partial charge in [0.1, 0.15) is 0 Å². The largest absolute Gasteiger partial charge is 0.361 e. The maximum Gasteiger partial charge on any atom is 0.255 e. The summed E-state index contributed by atoms with van der Waals surface area (Å²) in [7, 11) is 1.51. The quantitative estimate of drug-likeness (QED) is 0.715. The first-order valence-corrected chi connectivity index (χ1v) is 8.32. The summed E-state index contributed by atoms with van der Waals surface area (Å²) in [4.78, 5) is 40.6. The number of H-pyrrole nitrogens is 1. The third-order valence-electron chi connectivity index (χ3n) is 4.76. The Balaban J connectivity index is 1.61. The van der Waals surface area contributed by atoms with Gasteiger partial charge in [-0.1, -0.05) is 24.3 Å². The van der Waals surface area contributed by atoms with E-state index in [0.717, 1.165) is 16.5 Å². The molecule has 0 aliphatic carbocycles. The fourth-order valence-electron chi connectivity index (χ4n) is 3.31. The van der Waals surface area contributed by atoms with Crippen LogP contribution in [0.15, 0.2) is 54.7 Å². The molecule has 1 aliphatic rings. The van der Waals surface area contributed by atoms with E-state index in [1.54, 1.807) is 24.4 Å². The van der Waals surface area contributed by atoms with E-state index in [1.165, 1.54) is 11.9 Å². The Bertz CT molecular complexity index is 1020. The summed E-state index contributed by atoms with van der Waals surface area (Å²) in [5.74, 6) is -0.987. The molecular weight excluding hydrogens is 330 g/mol. The van der Waals surface area contributed by atoms with Crippen LogP contribution in [-0.4, -0.2) is 34.7 Å². The molecule has 1 fully saturated rings. The van der Waals surface area contributed by atoms with Crippen LogP contribution in [0.3, 0.4) is 0 Å². The van der Waals surface area contributed by atoms with Crippen LogP contribution >= 0.6 is 0 Å². The molecule has 2 heterocycles. The highest BCUT2D eigenvalue weighted by atomic mass is 16.2. The Kier molecular flexibility index (Phi) is 3.80. The molecule has 130 valence electrons. The molecule has 1 atom stereocenters. The zero-order chi connectivity index (χ0) is 18.3. The summed E-state index contributed by atoms with van der Waals surface area (Å²) in [5, 5.41) is 3.74. The van der Waals surface area contributed by atoms with Crippen molar-refractivity contribution in [3.63, 3.8) is 0 Å². The highest BCUT2D eigenvalue weighted by Gasteiger charge is 2.38. The fraction of sp³-hybridized carbons (Fsp3) is 0.150. The van der Waals surface area contributed by atoms with Crippen molar-refractivity contribution in [2.24, 2.45) is 0 Å². The first-order valence-electron chi connectivity index (χ1n) is 8.32. The van der Waals surface area contributed by atoms with Gasteiger partial charge in [0.2, 0.25) is 11.8 Å². The summed E-state index contributed by atoms with van der Waals surface area (Å²) in [6.45, 7) is 0. The zero-order valence-corrected chi connectivity index (χ0v) is 14.2. The summed E-state index contributed by atoms with van der Waals surface area (Å²) < 4.78 is 0. The highest BCUT2D eigenvalue weighted by molar-refractivity contribution is 6.08. The number of nitrogens with one attached hydrogen (secondary N) is 2. The van der Waals surface area contributed by atoms with Crippen molar-refractivity contribution >= 4 is 34.3 Å². The number of hydrogen-bond donors (Lipinski definition) is 2. The average Bonchev–Trinajstić information content (AvgIpc) is 3.18. The van der Waals surface area contributed by atoms with Gasteiger partial charge in [-0.05, 0) is 29.8 Å². The van der Waals surface area contributed by atoms with E-state index >= 15 is 0 Å². The van der Waals surface area contributed by atoms with Crippen LogP contribution in [0, 0.1) is 0 Å². The van der Waals surface area contributed by atoms with E-state index in [2.05, 4.69) is 10.3 Å². The van der Waals surface area contributed by atoms with Gasteiger partial charge in [0, 0.05) is 41.8 Å². The molecule has 1 saturated heterocycles. The second-order valence-electron chi connectivity index (χ2n) is 6.37. The molecule has 4 rings (SSSR count). The molecule has 0 spiro atoms. The van der Waals surface area contributed by atoms with E-state index in [4.69, 9.17) is 0 Å². The lowest BCUT2D eigenvalue weighted by molar-refractivity contribution is -0.137. The van der Waals surface area contributed by atoms with Gasteiger partial charge in [-0.3, -0.25) is 19.3 Å². The number of hydrogen-bond acceptors (Lipinski definition) is 3. The standard InChI is InChI=1S/C20H17N3O3/c1-23-18(24)10-15(20(23)26)16-11-21-17-9-13(7-8-14(16)17)22-19(25)12-5-3-2-4-6-12/h2-9,11,15,21H,10H2,1H3,(H,22,25). The molecule has 2 aromatic carbocycles. The first-order chi connectivity index (χ1) is 12.5. The lowest BCUT2D eigenvalue weighted by atomic mass is 9.97. The van der Waals surface area contributed by atoms with E-state index in [-0.39, 0.29) is 24.1 Å². The molecule has 3 amide bonds. The average molecular weight is 347 g/mol.